The second-order valence-electron chi connectivity index (χ2n) is 5.72. The van der Waals surface area contributed by atoms with Gasteiger partial charge >= 0.3 is 0 Å². The Morgan fingerprint density at radius 3 is 3.00 bits per heavy atom. The highest BCUT2D eigenvalue weighted by Gasteiger charge is 2.37. The Bertz CT molecular complexity index is 706. The molecule has 22 heavy (non-hydrogen) atoms. The van der Waals surface area contributed by atoms with Crippen LogP contribution in [-0.4, -0.2) is 24.6 Å². The molecule has 1 N–H and O–H groups in total. The predicted molar refractivity (Wildman–Crippen MR) is 87.7 cm³/mol. The van der Waals surface area contributed by atoms with Crippen LogP contribution in [0, 0.1) is 5.41 Å². The third-order valence-corrected chi connectivity index (χ3v) is 4.19. The molecule has 0 radical (unpaired) electrons. The van der Waals surface area contributed by atoms with Crippen molar-refractivity contribution < 1.29 is 9.53 Å². The topological polar surface area (TPSA) is 51.2 Å². The Kier molecular flexibility index (Phi) is 4.20. The molecule has 0 spiro atoms. The number of rotatable bonds is 4. The standard InChI is InChI=1S/C18H20N2O2/c1-22-13-18(10-5-2-6-11-18)17(21)20-16-15-8-4-3-7-14(15)9-12-19-16/h3-5,7-10,12H,2,6,11,13H2,1H3,(H,19,20,21). The van der Waals surface area contributed by atoms with Crippen LogP contribution in [0.25, 0.3) is 10.8 Å². The highest BCUT2D eigenvalue weighted by Crippen LogP contribution is 2.33. The summed E-state index contributed by atoms with van der Waals surface area (Å²) >= 11 is 0. The van der Waals surface area contributed by atoms with E-state index in [-0.39, 0.29) is 5.91 Å². The molecule has 0 fully saturated rings. The molecule has 1 aliphatic rings. The fourth-order valence-electron chi connectivity index (χ4n) is 3.01. The van der Waals surface area contributed by atoms with Crippen LogP contribution in [0.15, 0.2) is 48.7 Å². The number of anilines is 1. The van der Waals surface area contributed by atoms with Crippen LogP contribution in [0.3, 0.4) is 0 Å². The Balaban J connectivity index is 1.92. The molecule has 1 amide bonds. The Morgan fingerprint density at radius 2 is 2.23 bits per heavy atom. The molecule has 0 bridgehead atoms. The Labute approximate surface area is 130 Å². The van der Waals surface area contributed by atoms with E-state index >= 15 is 0 Å². The highest BCUT2D eigenvalue weighted by molar-refractivity contribution is 6.03. The van der Waals surface area contributed by atoms with Crippen molar-refractivity contribution in [1.82, 2.24) is 4.98 Å². The maximum Gasteiger partial charge on any atom is 0.237 e. The summed E-state index contributed by atoms with van der Waals surface area (Å²) in [6.07, 6.45) is 8.59. The fourth-order valence-corrected chi connectivity index (χ4v) is 3.01. The van der Waals surface area contributed by atoms with E-state index in [0.29, 0.717) is 12.4 Å². The number of ether oxygens (including phenoxy) is 1. The SMILES string of the molecule is COCC1(C(=O)Nc2nccc3ccccc23)C=CCCC1. The molecular formula is C18H20N2O2. The molecular weight excluding hydrogens is 276 g/mol. The zero-order valence-corrected chi connectivity index (χ0v) is 12.7. The summed E-state index contributed by atoms with van der Waals surface area (Å²) in [5.41, 5.74) is -0.592. The van der Waals surface area contributed by atoms with Gasteiger partial charge in [-0.1, -0.05) is 36.4 Å². The first-order chi connectivity index (χ1) is 10.7. The van der Waals surface area contributed by atoms with E-state index in [1.54, 1.807) is 13.3 Å². The molecule has 114 valence electrons. The summed E-state index contributed by atoms with van der Waals surface area (Å²) in [5.74, 6) is 0.562. The molecule has 0 saturated carbocycles. The van der Waals surface area contributed by atoms with Crippen LogP contribution in [0.2, 0.25) is 0 Å². The summed E-state index contributed by atoms with van der Waals surface area (Å²) in [7, 11) is 1.63. The van der Waals surface area contributed by atoms with Crippen molar-refractivity contribution in [2.45, 2.75) is 19.3 Å². The third-order valence-electron chi connectivity index (χ3n) is 4.19. The van der Waals surface area contributed by atoms with E-state index in [0.717, 1.165) is 30.0 Å². The summed E-state index contributed by atoms with van der Waals surface area (Å²) < 4.78 is 5.30. The maximum atomic E-state index is 12.8. The second-order valence-corrected chi connectivity index (χ2v) is 5.72. The van der Waals surface area contributed by atoms with E-state index in [4.69, 9.17) is 4.74 Å². The van der Waals surface area contributed by atoms with E-state index in [9.17, 15) is 4.79 Å². The van der Waals surface area contributed by atoms with Crippen molar-refractivity contribution in [2.24, 2.45) is 5.41 Å². The Morgan fingerprint density at radius 1 is 1.36 bits per heavy atom. The summed E-state index contributed by atoms with van der Waals surface area (Å²) in [4.78, 5) is 17.2. The molecule has 1 aliphatic carbocycles. The number of pyridine rings is 1. The highest BCUT2D eigenvalue weighted by atomic mass is 16.5. The van der Waals surface area contributed by atoms with Crippen LogP contribution in [0.5, 0.6) is 0 Å². The number of allylic oxidation sites excluding steroid dienone is 1. The predicted octanol–water partition coefficient (Wildman–Crippen LogP) is 3.55. The van der Waals surface area contributed by atoms with Crippen molar-refractivity contribution in [2.75, 3.05) is 19.0 Å². The van der Waals surface area contributed by atoms with Gasteiger partial charge in [0.15, 0.2) is 0 Å². The molecule has 0 aliphatic heterocycles. The van der Waals surface area contributed by atoms with Crippen LogP contribution in [0.4, 0.5) is 5.82 Å². The van der Waals surface area contributed by atoms with Crippen LogP contribution in [-0.2, 0) is 9.53 Å². The normalized spacial score (nSPS) is 21.0. The monoisotopic (exact) mass is 296 g/mol. The van der Waals surface area contributed by atoms with Crippen LogP contribution in [0.1, 0.15) is 19.3 Å². The van der Waals surface area contributed by atoms with Gasteiger partial charge in [0.25, 0.3) is 0 Å². The number of carbonyl (C=O) groups excluding carboxylic acids is 1. The molecule has 4 heteroatoms. The lowest BCUT2D eigenvalue weighted by Crippen LogP contribution is -2.39. The molecule has 1 aromatic carbocycles. The van der Waals surface area contributed by atoms with Gasteiger partial charge in [-0.05, 0) is 30.7 Å². The van der Waals surface area contributed by atoms with Gasteiger partial charge in [0.1, 0.15) is 5.82 Å². The smallest absolute Gasteiger partial charge is 0.237 e. The van der Waals surface area contributed by atoms with Gasteiger partial charge in [0.05, 0.1) is 12.0 Å². The first-order valence-corrected chi connectivity index (χ1v) is 7.57. The molecule has 0 saturated heterocycles. The minimum atomic E-state index is -0.592. The number of methoxy groups -OCH3 is 1. The minimum absolute atomic E-state index is 0.0471. The van der Waals surface area contributed by atoms with E-state index in [1.165, 1.54) is 0 Å². The minimum Gasteiger partial charge on any atom is -0.383 e. The molecule has 2 aromatic rings. The number of hydrogen-bond acceptors (Lipinski definition) is 3. The average Bonchev–Trinajstić information content (AvgIpc) is 2.56. The molecule has 3 rings (SSSR count). The van der Waals surface area contributed by atoms with Crippen molar-refractivity contribution >= 4 is 22.5 Å². The summed E-state index contributed by atoms with van der Waals surface area (Å²) in [5, 5.41) is 5.01. The molecule has 1 heterocycles. The van der Waals surface area contributed by atoms with Gasteiger partial charge in [-0.25, -0.2) is 4.98 Å². The second kappa shape index (κ2) is 6.28. The lowest BCUT2D eigenvalue weighted by molar-refractivity contribution is -0.126. The first-order valence-electron chi connectivity index (χ1n) is 7.57. The lowest BCUT2D eigenvalue weighted by Gasteiger charge is -2.31. The lowest BCUT2D eigenvalue weighted by atomic mass is 9.78. The van der Waals surface area contributed by atoms with Crippen molar-refractivity contribution in [3.63, 3.8) is 0 Å². The van der Waals surface area contributed by atoms with Gasteiger partial charge < -0.3 is 10.1 Å². The molecule has 1 atom stereocenters. The van der Waals surface area contributed by atoms with Crippen molar-refractivity contribution in [3.8, 4) is 0 Å². The number of amides is 1. The van der Waals surface area contributed by atoms with Gasteiger partial charge in [-0.2, -0.15) is 0 Å². The summed E-state index contributed by atoms with van der Waals surface area (Å²) in [6, 6.07) is 9.85. The average molecular weight is 296 g/mol. The molecule has 4 nitrogen and oxygen atoms in total. The largest absolute Gasteiger partial charge is 0.383 e. The number of benzene rings is 1. The number of nitrogens with zero attached hydrogens (tertiary/aromatic N) is 1. The van der Waals surface area contributed by atoms with Gasteiger partial charge in [-0.3, -0.25) is 4.79 Å². The quantitative estimate of drug-likeness (QED) is 0.878. The molecule has 1 aromatic heterocycles. The van der Waals surface area contributed by atoms with E-state index in [1.807, 2.05) is 36.4 Å². The third kappa shape index (κ3) is 2.74. The van der Waals surface area contributed by atoms with E-state index < -0.39 is 5.41 Å². The maximum absolute atomic E-state index is 12.8. The zero-order valence-electron chi connectivity index (χ0n) is 12.7. The van der Waals surface area contributed by atoms with Crippen molar-refractivity contribution in [1.29, 1.82) is 0 Å². The van der Waals surface area contributed by atoms with Gasteiger partial charge in [0, 0.05) is 18.7 Å². The molecule has 1 unspecified atom stereocenters. The Hall–Kier alpha value is -2.20. The number of carbonyl (C=O) groups is 1. The van der Waals surface area contributed by atoms with Crippen LogP contribution < -0.4 is 5.32 Å². The van der Waals surface area contributed by atoms with Crippen molar-refractivity contribution in [3.05, 3.63) is 48.7 Å². The number of nitrogens with one attached hydrogen (secondary N) is 1. The van der Waals surface area contributed by atoms with Crippen LogP contribution >= 0.6 is 0 Å². The van der Waals surface area contributed by atoms with E-state index in [2.05, 4.69) is 16.4 Å². The van der Waals surface area contributed by atoms with Gasteiger partial charge in [0.2, 0.25) is 5.91 Å². The zero-order chi connectivity index (χ0) is 15.4. The first kappa shape index (κ1) is 14.7. The number of fused-ring (bicyclic) bond motifs is 1. The summed E-state index contributed by atoms with van der Waals surface area (Å²) in [6.45, 7) is 0.389. The fraction of sp³-hybridized carbons (Fsp3) is 0.333. The number of hydrogen-bond donors (Lipinski definition) is 1. The number of aromatic nitrogens is 1. The van der Waals surface area contributed by atoms with Gasteiger partial charge in [-0.15, -0.1) is 0 Å².